The van der Waals surface area contributed by atoms with E-state index in [0.29, 0.717) is 28.9 Å². The smallest absolute Gasteiger partial charge is 0.255 e. The molecule has 2 aromatic heterocycles. The third-order valence-corrected chi connectivity index (χ3v) is 5.42. The van der Waals surface area contributed by atoms with Crippen molar-refractivity contribution in [3.63, 3.8) is 0 Å². The third kappa shape index (κ3) is 4.91. The van der Waals surface area contributed by atoms with Gasteiger partial charge in [0.1, 0.15) is 0 Å². The molecule has 1 fully saturated rings. The molecule has 3 heterocycles. The van der Waals surface area contributed by atoms with Crippen molar-refractivity contribution in [1.82, 2.24) is 14.5 Å². The Kier molecular flexibility index (Phi) is 6.53. The van der Waals surface area contributed by atoms with Crippen LogP contribution in [0.3, 0.4) is 0 Å². The van der Waals surface area contributed by atoms with Gasteiger partial charge in [-0.05, 0) is 52.0 Å². The van der Waals surface area contributed by atoms with Crippen molar-refractivity contribution in [3.8, 4) is 0 Å². The minimum atomic E-state index is -1.24. The predicted molar refractivity (Wildman–Crippen MR) is 112 cm³/mol. The quantitative estimate of drug-likeness (QED) is 0.585. The molecule has 1 aliphatic heterocycles. The van der Waals surface area contributed by atoms with E-state index in [1.54, 1.807) is 11.1 Å². The lowest BCUT2D eigenvalue weighted by Gasteiger charge is -2.27. The number of carbonyl (C=O) groups is 1. The first-order valence-corrected chi connectivity index (χ1v) is 10.3. The van der Waals surface area contributed by atoms with Crippen LogP contribution in [0.15, 0.2) is 12.4 Å². The van der Waals surface area contributed by atoms with Gasteiger partial charge in [-0.2, -0.15) is 0 Å². The molecule has 1 saturated heterocycles. The fourth-order valence-corrected chi connectivity index (χ4v) is 4.01. The Morgan fingerprint density at radius 1 is 1.45 bits per heavy atom. The first-order valence-electron chi connectivity index (χ1n) is 9.93. The Bertz CT molecular complexity index is 884. The van der Waals surface area contributed by atoms with E-state index < -0.39 is 12.0 Å². The zero-order valence-electron chi connectivity index (χ0n) is 17.7. The highest BCUT2D eigenvalue weighted by Gasteiger charge is 2.26. The number of aromatic nitrogens is 2. The number of carbonyl (C=O) groups excluding carboxylic acids is 1. The van der Waals surface area contributed by atoms with Gasteiger partial charge in [0, 0.05) is 44.6 Å². The second kappa shape index (κ2) is 8.60. The number of hydrogen-bond acceptors (Lipinski definition) is 5. The predicted octanol–water partition coefficient (Wildman–Crippen LogP) is 3.76. The monoisotopic (exact) mass is 423 g/mol. The normalized spacial score (nSPS) is 16.9. The van der Waals surface area contributed by atoms with Gasteiger partial charge in [-0.1, -0.05) is 11.6 Å². The molecule has 0 spiro atoms. The second-order valence-corrected chi connectivity index (χ2v) is 9.06. The van der Waals surface area contributed by atoms with Gasteiger partial charge >= 0.3 is 0 Å². The molecule has 0 radical (unpaired) electrons. The van der Waals surface area contributed by atoms with E-state index in [1.807, 2.05) is 34.7 Å². The summed E-state index contributed by atoms with van der Waals surface area (Å²) < 4.78 is 12.6. The van der Waals surface area contributed by atoms with E-state index in [9.17, 15) is 9.90 Å². The lowest BCUT2D eigenvalue weighted by molar-refractivity contribution is -0.207. The van der Waals surface area contributed by atoms with Gasteiger partial charge in [0.15, 0.2) is 5.15 Å². The number of rotatable bonds is 5. The average Bonchev–Trinajstić information content (AvgIpc) is 3.00. The topological polar surface area (TPSA) is 76.8 Å². The van der Waals surface area contributed by atoms with Gasteiger partial charge in [-0.15, -0.1) is 0 Å². The van der Waals surface area contributed by atoms with Crippen molar-refractivity contribution in [3.05, 3.63) is 28.7 Å². The van der Waals surface area contributed by atoms with Crippen LogP contribution in [0.5, 0.6) is 0 Å². The highest BCUT2D eigenvalue weighted by Crippen LogP contribution is 2.33. The summed E-state index contributed by atoms with van der Waals surface area (Å²) in [7, 11) is 1.81. The molecule has 1 amide bonds. The number of halogens is 1. The number of pyridine rings is 1. The molecule has 8 heteroatoms. The molecular weight excluding hydrogens is 394 g/mol. The van der Waals surface area contributed by atoms with Gasteiger partial charge < -0.3 is 19.5 Å². The lowest BCUT2D eigenvalue weighted by Crippen LogP contribution is -2.34. The van der Waals surface area contributed by atoms with Crippen molar-refractivity contribution >= 4 is 28.4 Å². The van der Waals surface area contributed by atoms with Crippen molar-refractivity contribution in [2.24, 2.45) is 5.92 Å². The Morgan fingerprint density at radius 3 is 2.72 bits per heavy atom. The molecule has 0 bridgehead atoms. The van der Waals surface area contributed by atoms with Crippen molar-refractivity contribution < 1.29 is 19.4 Å². The van der Waals surface area contributed by atoms with Gasteiger partial charge in [0.05, 0.1) is 16.7 Å². The molecule has 7 nitrogen and oxygen atoms in total. The molecule has 2 aromatic rings. The maximum Gasteiger partial charge on any atom is 0.255 e. The number of fused-ring (bicyclic) bond motifs is 1. The number of aliphatic hydroxyl groups excluding tert-OH is 1. The third-order valence-electron chi connectivity index (χ3n) is 5.14. The van der Waals surface area contributed by atoms with E-state index in [1.165, 1.54) is 10.8 Å². The SMILES string of the molecule is Cc1cn(C(O)OC(C)(C)C)c2c(Cl)ncc(C(=O)N(C)CC3CCOCC3)c12. The zero-order valence-corrected chi connectivity index (χ0v) is 18.5. The molecule has 0 saturated carbocycles. The fourth-order valence-electron chi connectivity index (χ4n) is 3.76. The fraction of sp³-hybridized carbons (Fsp3) is 0.619. The van der Waals surface area contributed by atoms with E-state index in [2.05, 4.69) is 4.98 Å². The number of ether oxygens (including phenoxy) is 2. The first kappa shape index (κ1) is 22.0. The molecule has 1 unspecified atom stereocenters. The summed E-state index contributed by atoms with van der Waals surface area (Å²) in [4.78, 5) is 19.2. The molecule has 1 N–H and O–H groups in total. The van der Waals surface area contributed by atoms with E-state index in [-0.39, 0.29) is 11.1 Å². The van der Waals surface area contributed by atoms with Crippen LogP contribution >= 0.6 is 11.6 Å². The van der Waals surface area contributed by atoms with Crippen molar-refractivity contribution in [1.29, 1.82) is 0 Å². The first-order chi connectivity index (χ1) is 13.6. The van der Waals surface area contributed by atoms with Crippen LogP contribution in [0, 0.1) is 12.8 Å². The Morgan fingerprint density at radius 2 is 2.10 bits per heavy atom. The second-order valence-electron chi connectivity index (χ2n) is 8.70. The van der Waals surface area contributed by atoms with Crippen LogP contribution in [0.1, 0.15) is 55.9 Å². The summed E-state index contributed by atoms with van der Waals surface area (Å²) in [6.45, 7) is 9.61. The standard InChI is InChI=1S/C21H30ClN3O4/c1-13-11-25(20(27)29-21(2,3)4)17-16(13)15(10-23-18(17)22)19(26)24(5)12-14-6-8-28-9-7-14/h10-11,14,20,27H,6-9,12H2,1-5H3. The van der Waals surface area contributed by atoms with Gasteiger partial charge in [-0.25, -0.2) is 4.98 Å². The van der Waals surface area contributed by atoms with Crippen LogP contribution in [-0.4, -0.2) is 57.9 Å². The van der Waals surface area contributed by atoms with Gasteiger partial charge in [0.2, 0.25) is 6.41 Å². The lowest BCUT2D eigenvalue weighted by atomic mass is 9.99. The number of amides is 1. The molecular formula is C21H30ClN3O4. The van der Waals surface area contributed by atoms with Gasteiger partial charge in [0.25, 0.3) is 5.91 Å². The minimum Gasteiger partial charge on any atom is -0.381 e. The Labute approximate surface area is 176 Å². The molecule has 29 heavy (non-hydrogen) atoms. The summed E-state index contributed by atoms with van der Waals surface area (Å²) in [5.41, 5.74) is 1.23. The summed E-state index contributed by atoms with van der Waals surface area (Å²) in [6, 6.07) is 0. The van der Waals surface area contributed by atoms with E-state index in [0.717, 1.165) is 31.6 Å². The molecule has 160 valence electrons. The largest absolute Gasteiger partial charge is 0.381 e. The maximum atomic E-state index is 13.2. The number of aliphatic hydroxyl groups is 1. The Hall–Kier alpha value is -1.67. The molecule has 1 atom stereocenters. The zero-order chi connectivity index (χ0) is 21.3. The van der Waals surface area contributed by atoms with Crippen LogP contribution < -0.4 is 0 Å². The van der Waals surface area contributed by atoms with Crippen LogP contribution in [0.25, 0.3) is 10.9 Å². The maximum absolute atomic E-state index is 13.2. The number of hydrogen-bond donors (Lipinski definition) is 1. The van der Waals surface area contributed by atoms with Crippen molar-refractivity contribution in [2.45, 2.75) is 52.6 Å². The molecule has 0 aromatic carbocycles. The highest BCUT2D eigenvalue weighted by molar-refractivity contribution is 6.34. The number of aryl methyl sites for hydroxylation is 1. The molecule has 3 rings (SSSR count). The van der Waals surface area contributed by atoms with Crippen LogP contribution in [0.4, 0.5) is 0 Å². The van der Waals surface area contributed by atoms with E-state index >= 15 is 0 Å². The van der Waals surface area contributed by atoms with Crippen molar-refractivity contribution in [2.75, 3.05) is 26.8 Å². The minimum absolute atomic E-state index is 0.113. The van der Waals surface area contributed by atoms with E-state index in [4.69, 9.17) is 21.1 Å². The summed E-state index contributed by atoms with van der Waals surface area (Å²) in [5.74, 6) is 0.318. The molecule has 1 aliphatic rings. The highest BCUT2D eigenvalue weighted by atomic mass is 35.5. The summed E-state index contributed by atoms with van der Waals surface area (Å²) >= 11 is 6.37. The summed E-state index contributed by atoms with van der Waals surface area (Å²) in [6.07, 6.45) is 3.93. The van der Waals surface area contributed by atoms with Gasteiger partial charge in [-0.3, -0.25) is 9.36 Å². The number of nitrogens with zero attached hydrogens (tertiary/aromatic N) is 3. The van der Waals surface area contributed by atoms with Crippen LogP contribution in [-0.2, 0) is 9.47 Å². The average molecular weight is 424 g/mol. The Balaban J connectivity index is 1.94. The summed E-state index contributed by atoms with van der Waals surface area (Å²) in [5, 5.41) is 11.5. The molecule has 0 aliphatic carbocycles. The van der Waals surface area contributed by atoms with Crippen LogP contribution in [0.2, 0.25) is 5.15 Å².